The second-order valence-electron chi connectivity index (χ2n) is 7.79. The van der Waals surface area contributed by atoms with E-state index in [1.165, 1.54) is 43.4 Å². The van der Waals surface area contributed by atoms with Crippen molar-refractivity contribution in [2.45, 2.75) is 25.2 Å². The lowest BCUT2D eigenvalue weighted by Gasteiger charge is -2.38. The van der Waals surface area contributed by atoms with E-state index in [0.29, 0.717) is 29.1 Å². The number of hydrogen-bond donors (Lipinski definition) is 2. The number of hydrogen-bond acceptors (Lipinski definition) is 8. The van der Waals surface area contributed by atoms with Crippen molar-refractivity contribution in [1.82, 2.24) is 9.97 Å². The van der Waals surface area contributed by atoms with Crippen LogP contribution in [0.15, 0.2) is 65.9 Å². The number of benzene rings is 2. The van der Waals surface area contributed by atoms with E-state index in [1.807, 2.05) is 30.3 Å². The van der Waals surface area contributed by atoms with Gasteiger partial charge in [0.05, 0.1) is 32.2 Å². The third kappa shape index (κ3) is 5.18. The molecule has 0 bridgehead atoms. The van der Waals surface area contributed by atoms with Crippen LogP contribution in [0.2, 0.25) is 0 Å². The summed E-state index contributed by atoms with van der Waals surface area (Å²) in [6.07, 6.45) is 2.20. The van der Waals surface area contributed by atoms with Crippen LogP contribution in [-0.2, 0) is 16.9 Å². The van der Waals surface area contributed by atoms with Crippen LogP contribution in [0.25, 0.3) is 0 Å². The van der Waals surface area contributed by atoms with Crippen LogP contribution in [0.5, 0.6) is 5.88 Å². The molecule has 0 unspecified atom stereocenters. The Morgan fingerprint density at radius 1 is 1.24 bits per heavy atom. The zero-order chi connectivity index (χ0) is 24.1. The average Bonchev–Trinajstić information content (AvgIpc) is 2.85. The number of amidine groups is 1. The molecule has 0 fully saturated rings. The van der Waals surface area contributed by atoms with Crippen LogP contribution >= 0.6 is 11.8 Å². The quantitative estimate of drug-likeness (QED) is 0.529. The number of ether oxygens (including phenoxy) is 2. The number of amides is 1. The number of thioether (sulfide) groups is 1. The van der Waals surface area contributed by atoms with E-state index in [-0.39, 0.29) is 11.3 Å². The van der Waals surface area contributed by atoms with Crippen LogP contribution in [0.3, 0.4) is 0 Å². The molecule has 1 aliphatic rings. The fourth-order valence-electron chi connectivity index (χ4n) is 3.60. The number of carbonyl (C=O) groups is 1. The fraction of sp³-hybridized carbons (Fsp3) is 0.250. The first-order valence-corrected chi connectivity index (χ1v) is 11.5. The SMILES string of the molecule is COc1cnc(C(=O)Nc2ccc(F)c([C@@]3(C)N=C(N)SC[C@H]3OCc3ccccc3)c2)cn1. The van der Waals surface area contributed by atoms with E-state index in [9.17, 15) is 4.79 Å². The van der Waals surface area contributed by atoms with Gasteiger partial charge in [-0.05, 0) is 30.7 Å². The maximum absolute atomic E-state index is 15.1. The van der Waals surface area contributed by atoms with Gasteiger partial charge in [0.2, 0.25) is 5.88 Å². The van der Waals surface area contributed by atoms with Crippen molar-refractivity contribution in [3.8, 4) is 5.88 Å². The molecule has 2 atom stereocenters. The summed E-state index contributed by atoms with van der Waals surface area (Å²) in [5.41, 5.74) is 6.69. The van der Waals surface area contributed by atoms with Gasteiger partial charge in [0, 0.05) is 17.0 Å². The number of anilines is 1. The number of carbonyl (C=O) groups excluding carboxylic acids is 1. The van der Waals surface area contributed by atoms with Gasteiger partial charge >= 0.3 is 0 Å². The van der Waals surface area contributed by atoms with Gasteiger partial charge in [0.25, 0.3) is 5.91 Å². The molecular formula is C24H24FN5O3S. The summed E-state index contributed by atoms with van der Waals surface area (Å²) in [4.78, 5) is 25.2. The number of methoxy groups -OCH3 is 1. The number of nitrogens with one attached hydrogen (secondary N) is 1. The molecule has 10 heteroatoms. The highest BCUT2D eigenvalue weighted by Gasteiger charge is 2.42. The van der Waals surface area contributed by atoms with Gasteiger partial charge in [0.15, 0.2) is 5.17 Å². The van der Waals surface area contributed by atoms with Crippen molar-refractivity contribution < 1.29 is 18.7 Å². The largest absolute Gasteiger partial charge is 0.480 e. The summed E-state index contributed by atoms with van der Waals surface area (Å²) in [6.45, 7) is 2.14. The lowest BCUT2D eigenvalue weighted by molar-refractivity contribution is 0.00648. The molecule has 4 rings (SSSR count). The first kappa shape index (κ1) is 23.7. The monoisotopic (exact) mass is 481 g/mol. The molecule has 8 nitrogen and oxygen atoms in total. The van der Waals surface area contributed by atoms with Crippen molar-refractivity contribution in [2.75, 3.05) is 18.2 Å². The summed E-state index contributed by atoms with van der Waals surface area (Å²) in [5.74, 6) is -0.157. The standard InChI is InChI=1S/C24H24FN5O3S/c1-24(20(14-34-23(26)30-24)33-13-15-6-4-3-5-7-15)17-10-16(8-9-18(17)25)29-22(31)19-11-28-21(32-2)12-27-19/h3-12,20H,13-14H2,1-2H3,(H2,26,30)(H,29,31)/t20-,24-/m1/s1. The predicted molar refractivity (Wildman–Crippen MR) is 129 cm³/mol. The average molecular weight is 482 g/mol. The topological polar surface area (TPSA) is 112 Å². The van der Waals surface area contributed by atoms with E-state index in [1.54, 1.807) is 13.0 Å². The molecule has 3 aromatic rings. The molecule has 0 aliphatic carbocycles. The van der Waals surface area contributed by atoms with Gasteiger partial charge < -0.3 is 20.5 Å². The summed E-state index contributed by atoms with van der Waals surface area (Å²) in [7, 11) is 1.46. The van der Waals surface area contributed by atoms with Gasteiger partial charge in [0.1, 0.15) is 17.1 Å². The summed E-state index contributed by atoms with van der Waals surface area (Å²) in [6, 6.07) is 14.0. The Bertz CT molecular complexity index is 1190. The highest BCUT2D eigenvalue weighted by molar-refractivity contribution is 8.13. The molecule has 0 spiro atoms. The second-order valence-corrected chi connectivity index (χ2v) is 8.83. The highest BCUT2D eigenvalue weighted by Crippen LogP contribution is 2.39. The zero-order valence-corrected chi connectivity index (χ0v) is 19.5. The number of rotatable bonds is 7. The molecule has 1 aromatic heterocycles. The molecule has 3 N–H and O–H groups in total. The zero-order valence-electron chi connectivity index (χ0n) is 18.7. The fourth-order valence-corrected chi connectivity index (χ4v) is 4.59. The minimum absolute atomic E-state index is 0.0956. The van der Waals surface area contributed by atoms with Gasteiger partial charge in [-0.15, -0.1) is 0 Å². The molecule has 0 saturated heterocycles. The molecule has 1 amide bonds. The van der Waals surface area contributed by atoms with E-state index in [2.05, 4.69) is 20.3 Å². The maximum atomic E-state index is 15.1. The van der Waals surface area contributed by atoms with Gasteiger partial charge in [-0.25, -0.2) is 19.4 Å². The Balaban J connectivity index is 1.59. The van der Waals surface area contributed by atoms with Gasteiger partial charge in [-0.1, -0.05) is 42.1 Å². The van der Waals surface area contributed by atoms with Crippen molar-refractivity contribution in [1.29, 1.82) is 0 Å². The van der Waals surface area contributed by atoms with Crippen LogP contribution in [0.4, 0.5) is 10.1 Å². The van der Waals surface area contributed by atoms with E-state index in [0.717, 1.165) is 5.56 Å². The minimum Gasteiger partial charge on any atom is -0.480 e. The Labute approximate surface area is 200 Å². The van der Waals surface area contributed by atoms with Gasteiger partial charge in [-0.3, -0.25) is 4.79 Å². The lowest BCUT2D eigenvalue weighted by atomic mass is 9.86. The lowest BCUT2D eigenvalue weighted by Crippen LogP contribution is -2.44. The van der Waals surface area contributed by atoms with Gasteiger partial charge in [-0.2, -0.15) is 0 Å². The third-order valence-electron chi connectivity index (χ3n) is 5.49. The van der Waals surface area contributed by atoms with Crippen molar-refractivity contribution in [2.24, 2.45) is 10.7 Å². The van der Waals surface area contributed by atoms with E-state index < -0.39 is 23.4 Å². The van der Waals surface area contributed by atoms with Crippen LogP contribution in [-0.4, -0.2) is 40.0 Å². The number of nitrogens with zero attached hydrogens (tertiary/aromatic N) is 3. The summed E-state index contributed by atoms with van der Waals surface area (Å²) in [5, 5.41) is 3.08. The summed E-state index contributed by atoms with van der Waals surface area (Å²) >= 11 is 1.36. The first-order chi connectivity index (χ1) is 16.4. The van der Waals surface area contributed by atoms with Crippen LogP contribution < -0.4 is 15.8 Å². The van der Waals surface area contributed by atoms with E-state index in [4.69, 9.17) is 15.2 Å². The van der Waals surface area contributed by atoms with Crippen molar-refractivity contribution in [3.63, 3.8) is 0 Å². The number of nitrogens with two attached hydrogens (primary N) is 1. The van der Waals surface area contributed by atoms with Crippen LogP contribution in [0, 0.1) is 5.82 Å². The molecule has 34 heavy (non-hydrogen) atoms. The second kappa shape index (κ2) is 10.2. The normalized spacial score (nSPS) is 19.9. The third-order valence-corrected chi connectivity index (χ3v) is 6.34. The number of halogens is 1. The smallest absolute Gasteiger partial charge is 0.275 e. The number of aromatic nitrogens is 2. The molecule has 1 aliphatic heterocycles. The maximum Gasteiger partial charge on any atom is 0.275 e. The molecule has 2 aromatic carbocycles. The molecule has 2 heterocycles. The Morgan fingerprint density at radius 3 is 2.74 bits per heavy atom. The molecule has 0 saturated carbocycles. The minimum atomic E-state index is -1.09. The van der Waals surface area contributed by atoms with Crippen molar-refractivity contribution in [3.05, 3.63) is 83.6 Å². The highest BCUT2D eigenvalue weighted by atomic mass is 32.2. The first-order valence-electron chi connectivity index (χ1n) is 10.5. The Kier molecular flexibility index (Phi) is 7.09. The molecule has 0 radical (unpaired) electrons. The van der Waals surface area contributed by atoms with Crippen molar-refractivity contribution >= 4 is 28.5 Å². The molecular weight excluding hydrogens is 457 g/mol. The Hall–Kier alpha value is -3.50. The summed E-state index contributed by atoms with van der Waals surface area (Å²) < 4.78 is 26.2. The van der Waals surface area contributed by atoms with Crippen LogP contribution in [0.1, 0.15) is 28.5 Å². The molecule has 176 valence electrons. The Morgan fingerprint density at radius 2 is 2.03 bits per heavy atom. The predicted octanol–water partition coefficient (Wildman–Crippen LogP) is 3.74. The van der Waals surface area contributed by atoms with E-state index >= 15 is 4.39 Å². The number of aliphatic imine (C=N–C) groups is 1.